The zero-order valence-corrected chi connectivity index (χ0v) is 24.5. The minimum absolute atomic E-state index is 0.0113. The monoisotopic (exact) mass is 589 g/mol. The topological polar surface area (TPSA) is 86.8 Å². The number of benzene rings is 3. The van der Waals surface area contributed by atoms with Crippen LogP contribution in [-0.2, 0) is 26.2 Å². The van der Waals surface area contributed by atoms with Crippen LogP contribution in [0.15, 0.2) is 83.8 Å². The summed E-state index contributed by atoms with van der Waals surface area (Å²) < 4.78 is 28.6. The summed E-state index contributed by atoms with van der Waals surface area (Å²) in [5.41, 5.74) is 0.963. The Balaban J connectivity index is 2.04. The van der Waals surface area contributed by atoms with E-state index in [4.69, 9.17) is 23.2 Å². The minimum Gasteiger partial charge on any atom is -0.352 e. The van der Waals surface area contributed by atoms with Gasteiger partial charge in [-0.3, -0.25) is 13.9 Å². The molecule has 2 amide bonds. The number of carbonyl (C=O) groups is 2. The molecular weight excluding hydrogens is 557 g/mol. The van der Waals surface area contributed by atoms with Gasteiger partial charge in [0.2, 0.25) is 11.8 Å². The normalized spacial score (nSPS) is 12.8. The summed E-state index contributed by atoms with van der Waals surface area (Å²) in [5.74, 6) is -0.846. The molecule has 0 aliphatic heterocycles. The van der Waals surface area contributed by atoms with Gasteiger partial charge >= 0.3 is 0 Å². The lowest BCUT2D eigenvalue weighted by Crippen LogP contribution is -2.53. The first-order valence-corrected chi connectivity index (χ1v) is 14.9. The molecule has 3 rings (SSSR count). The predicted molar refractivity (Wildman–Crippen MR) is 156 cm³/mol. The van der Waals surface area contributed by atoms with Crippen LogP contribution in [0.3, 0.4) is 0 Å². The van der Waals surface area contributed by atoms with Gasteiger partial charge in [-0.2, -0.15) is 0 Å². The Hall–Kier alpha value is -3.07. The highest BCUT2D eigenvalue weighted by Gasteiger charge is 2.34. The third kappa shape index (κ3) is 7.75. The number of anilines is 1. The van der Waals surface area contributed by atoms with Crippen molar-refractivity contribution in [2.75, 3.05) is 10.8 Å². The molecule has 1 N–H and O–H groups in total. The van der Waals surface area contributed by atoms with Gasteiger partial charge in [0.05, 0.1) is 10.6 Å². The van der Waals surface area contributed by atoms with E-state index in [0.29, 0.717) is 27.7 Å². The molecule has 0 heterocycles. The molecular formula is C29H33Cl2N3O4S. The van der Waals surface area contributed by atoms with Crippen molar-refractivity contribution in [2.45, 2.75) is 57.1 Å². The molecule has 0 bridgehead atoms. The molecule has 3 aromatic carbocycles. The summed E-state index contributed by atoms with van der Waals surface area (Å²) in [6, 6.07) is 20.3. The van der Waals surface area contributed by atoms with E-state index in [1.807, 2.05) is 20.8 Å². The molecule has 208 valence electrons. The summed E-state index contributed by atoms with van der Waals surface area (Å²) in [6.45, 7) is 5.17. The van der Waals surface area contributed by atoms with E-state index in [1.54, 1.807) is 54.6 Å². The number of carbonyl (C=O) groups excluding carboxylic acids is 2. The summed E-state index contributed by atoms with van der Waals surface area (Å²) in [5, 5.41) is 3.79. The lowest BCUT2D eigenvalue weighted by atomic mass is 10.1. The lowest BCUT2D eigenvalue weighted by molar-refractivity contribution is -0.140. The Morgan fingerprint density at radius 2 is 1.49 bits per heavy atom. The molecule has 0 aliphatic rings. The second-order valence-electron chi connectivity index (χ2n) is 9.16. The molecule has 0 radical (unpaired) electrons. The van der Waals surface area contributed by atoms with Crippen LogP contribution < -0.4 is 9.62 Å². The van der Waals surface area contributed by atoms with Crippen LogP contribution in [0.5, 0.6) is 0 Å². The summed E-state index contributed by atoms with van der Waals surface area (Å²) in [7, 11) is -4.16. The molecule has 2 unspecified atom stereocenters. The van der Waals surface area contributed by atoms with Crippen LogP contribution in [-0.4, -0.2) is 43.8 Å². The fourth-order valence-corrected chi connectivity index (χ4v) is 5.76. The maximum Gasteiger partial charge on any atom is 0.264 e. The van der Waals surface area contributed by atoms with Crippen molar-refractivity contribution in [3.05, 3.63) is 94.5 Å². The molecule has 0 saturated heterocycles. The highest BCUT2D eigenvalue weighted by atomic mass is 35.5. The highest BCUT2D eigenvalue weighted by Crippen LogP contribution is 2.26. The van der Waals surface area contributed by atoms with Crippen molar-refractivity contribution in [3.8, 4) is 0 Å². The van der Waals surface area contributed by atoms with Crippen LogP contribution >= 0.6 is 23.2 Å². The first-order chi connectivity index (χ1) is 18.6. The maximum atomic E-state index is 14.0. The van der Waals surface area contributed by atoms with Gasteiger partial charge in [-0.05, 0) is 67.8 Å². The number of para-hydroxylation sites is 1. The average Bonchev–Trinajstić information content (AvgIpc) is 2.93. The van der Waals surface area contributed by atoms with E-state index in [0.717, 1.165) is 10.7 Å². The van der Waals surface area contributed by atoms with E-state index in [2.05, 4.69) is 5.32 Å². The summed E-state index contributed by atoms with van der Waals surface area (Å²) in [4.78, 5) is 28.7. The molecule has 0 aliphatic carbocycles. The Morgan fingerprint density at radius 1 is 0.872 bits per heavy atom. The Labute approximate surface area is 240 Å². The third-order valence-corrected chi connectivity index (χ3v) is 8.82. The van der Waals surface area contributed by atoms with Gasteiger partial charge in [0.15, 0.2) is 0 Å². The SMILES string of the molecule is CCC(C)NC(=O)C(CC)N(Cc1ccccc1Cl)C(=O)CN(c1ccccc1)S(=O)(=O)c1ccc(Cl)cc1. The fourth-order valence-electron chi connectivity index (χ4n) is 4.03. The van der Waals surface area contributed by atoms with Gasteiger partial charge in [-0.25, -0.2) is 8.42 Å². The van der Waals surface area contributed by atoms with Crippen LogP contribution in [0, 0.1) is 0 Å². The standard InChI is InChI=1S/C29H33Cl2N3O4S/c1-4-21(3)32-29(36)27(5-2)33(19-22-11-9-10-14-26(22)31)28(35)20-34(24-12-7-6-8-13-24)39(37,38)25-17-15-23(30)16-18-25/h6-18,21,27H,4-5,19-20H2,1-3H3,(H,32,36). The smallest absolute Gasteiger partial charge is 0.264 e. The van der Waals surface area contributed by atoms with E-state index in [9.17, 15) is 18.0 Å². The highest BCUT2D eigenvalue weighted by molar-refractivity contribution is 7.92. The quantitative estimate of drug-likeness (QED) is 0.284. The van der Waals surface area contributed by atoms with Crippen LogP contribution in [0.2, 0.25) is 10.0 Å². The minimum atomic E-state index is -4.16. The van der Waals surface area contributed by atoms with Crippen molar-refractivity contribution in [1.29, 1.82) is 0 Å². The Bertz CT molecular complexity index is 1370. The number of rotatable bonds is 12. The molecule has 0 aromatic heterocycles. The van der Waals surface area contributed by atoms with Gasteiger partial charge in [0.25, 0.3) is 10.0 Å². The van der Waals surface area contributed by atoms with Crippen LogP contribution in [0.1, 0.15) is 39.2 Å². The van der Waals surface area contributed by atoms with Gasteiger partial charge < -0.3 is 10.2 Å². The van der Waals surface area contributed by atoms with Crippen molar-refractivity contribution >= 4 is 50.7 Å². The summed E-state index contributed by atoms with van der Waals surface area (Å²) >= 11 is 12.4. The zero-order chi connectivity index (χ0) is 28.6. The second-order valence-corrected chi connectivity index (χ2v) is 11.9. The van der Waals surface area contributed by atoms with E-state index < -0.39 is 28.5 Å². The van der Waals surface area contributed by atoms with Crippen molar-refractivity contribution in [2.24, 2.45) is 0 Å². The molecule has 0 spiro atoms. The largest absolute Gasteiger partial charge is 0.352 e. The fraction of sp³-hybridized carbons (Fsp3) is 0.310. The molecule has 10 heteroatoms. The number of amides is 2. The first kappa shape index (κ1) is 30.5. The first-order valence-electron chi connectivity index (χ1n) is 12.7. The molecule has 39 heavy (non-hydrogen) atoms. The molecule has 3 aromatic rings. The second kappa shape index (κ2) is 13.8. The molecule has 7 nitrogen and oxygen atoms in total. The molecule has 0 fully saturated rings. The van der Waals surface area contributed by atoms with Crippen molar-refractivity contribution < 1.29 is 18.0 Å². The third-order valence-electron chi connectivity index (χ3n) is 6.41. The van der Waals surface area contributed by atoms with Gasteiger partial charge in [0.1, 0.15) is 12.6 Å². The van der Waals surface area contributed by atoms with Gasteiger partial charge in [0, 0.05) is 22.6 Å². The summed E-state index contributed by atoms with van der Waals surface area (Å²) in [6.07, 6.45) is 1.05. The number of sulfonamides is 1. The Kier molecular flexibility index (Phi) is 10.8. The van der Waals surface area contributed by atoms with Crippen molar-refractivity contribution in [3.63, 3.8) is 0 Å². The van der Waals surface area contributed by atoms with E-state index in [1.165, 1.54) is 29.2 Å². The maximum absolute atomic E-state index is 14.0. The zero-order valence-electron chi connectivity index (χ0n) is 22.2. The van der Waals surface area contributed by atoms with Crippen LogP contribution in [0.4, 0.5) is 5.69 Å². The number of hydrogen-bond acceptors (Lipinski definition) is 4. The van der Waals surface area contributed by atoms with E-state index in [-0.39, 0.29) is 23.4 Å². The number of hydrogen-bond donors (Lipinski definition) is 1. The lowest BCUT2D eigenvalue weighted by Gasteiger charge is -2.34. The van der Waals surface area contributed by atoms with Crippen LogP contribution in [0.25, 0.3) is 0 Å². The average molecular weight is 591 g/mol. The predicted octanol–water partition coefficient (Wildman–Crippen LogP) is 5.91. The van der Waals surface area contributed by atoms with E-state index >= 15 is 0 Å². The van der Waals surface area contributed by atoms with Crippen molar-refractivity contribution in [1.82, 2.24) is 10.2 Å². The number of halogens is 2. The number of nitrogens with zero attached hydrogens (tertiary/aromatic N) is 2. The van der Waals surface area contributed by atoms with Gasteiger partial charge in [-0.15, -0.1) is 0 Å². The molecule has 0 saturated carbocycles. The number of nitrogens with one attached hydrogen (secondary N) is 1. The molecule has 2 atom stereocenters. The Morgan fingerprint density at radius 3 is 2.08 bits per heavy atom. The van der Waals surface area contributed by atoms with Gasteiger partial charge in [-0.1, -0.05) is 73.4 Å².